The summed E-state index contributed by atoms with van der Waals surface area (Å²) in [6.45, 7) is 15.2. The number of carbonyl (C=O) groups is 5. The molecule has 2 fully saturated rings. The summed E-state index contributed by atoms with van der Waals surface area (Å²) in [6, 6.07) is 8.31. The van der Waals surface area contributed by atoms with E-state index in [2.05, 4.69) is 0 Å². The quantitative estimate of drug-likeness (QED) is 0.177. The van der Waals surface area contributed by atoms with E-state index in [1.165, 1.54) is 26.8 Å². The Kier molecular flexibility index (Phi) is 10.9. The van der Waals surface area contributed by atoms with Gasteiger partial charge in [-0.3, -0.25) is 14.4 Å². The Hall–Kier alpha value is -4.29. The summed E-state index contributed by atoms with van der Waals surface area (Å²) in [6.07, 6.45) is 1.08. The number of carbonyl (C=O) groups excluding carboxylic acids is 5. The van der Waals surface area contributed by atoms with Crippen molar-refractivity contribution >= 4 is 29.8 Å². The smallest absolute Gasteiger partial charge is 0.338 e. The lowest BCUT2D eigenvalue weighted by Crippen LogP contribution is -2.56. The van der Waals surface area contributed by atoms with E-state index in [1.807, 2.05) is 0 Å². The number of allylic oxidation sites excluding steroid dienone is 1. The van der Waals surface area contributed by atoms with Crippen LogP contribution >= 0.6 is 0 Å². The minimum atomic E-state index is -2.32. The molecule has 2 heterocycles. The molecule has 1 saturated heterocycles. The second-order valence-electron chi connectivity index (χ2n) is 14.2. The van der Waals surface area contributed by atoms with E-state index in [-0.39, 0.29) is 23.1 Å². The lowest BCUT2D eigenvalue weighted by atomic mass is 9.75. The van der Waals surface area contributed by atoms with Crippen LogP contribution in [0.15, 0.2) is 65.8 Å². The molecule has 0 spiro atoms. The van der Waals surface area contributed by atoms with Gasteiger partial charge in [0, 0.05) is 55.6 Å². The van der Waals surface area contributed by atoms with Crippen molar-refractivity contribution in [2.45, 2.75) is 117 Å². The maximum atomic E-state index is 13.6. The van der Waals surface area contributed by atoms with Gasteiger partial charge in [-0.15, -0.1) is 0 Å². The zero-order chi connectivity index (χ0) is 37.4. The first-order valence-electron chi connectivity index (χ1n) is 16.7. The summed E-state index contributed by atoms with van der Waals surface area (Å²) < 4.78 is 36.7. The van der Waals surface area contributed by atoms with Crippen LogP contribution in [0, 0.1) is 17.3 Å². The number of esters is 5. The molecule has 9 atom stereocenters. The average molecular weight is 697 g/mol. The standard InChI is InChI=1S/C38H48O12/c1-11-21(2)33(42)48-31-32(46-25(6)40)38(44)35(8,9)18-17-22(3)30(45-24(5)39)37(49-26(7)41)19-23(4)29(28(37)20-36(31,10)50-38)47-34(43)27-15-13-12-14-16-27/h11-18,20,22-23,29-32,44H,19H2,1-10H3/t22-,23-,29+,30+,31-,32+,36+,37-,38+/m0/s1. The number of rotatable bonds is 7. The molecular formula is C38H48O12. The van der Waals surface area contributed by atoms with Crippen molar-refractivity contribution in [1.82, 2.24) is 0 Å². The first-order valence-corrected chi connectivity index (χ1v) is 16.7. The average Bonchev–Trinajstić information content (AvgIpc) is 3.39. The minimum Gasteiger partial charge on any atom is -0.457 e. The van der Waals surface area contributed by atoms with Gasteiger partial charge in [0.2, 0.25) is 5.79 Å². The maximum absolute atomic E-state index is 13.6. The van der Waals surface area contributed by atoms with Crippen molar-refractivity contribution < 1.29 is 57.5 Å². The molecule has 1 saturated carbocycles. The van der Waals surface area contributed by atoms with Crippen molar-refractivity contribution in [2.75, 3.05) is 0 Å². The number of ether oxygens (including phenoxy) is 6. The lowest BCUT2D eigenvalue weighted by molar-refractivity contribution is -0.285. The molecule has 2 aliphatic heterocycles. The third kappa shape index (κ3) is 7.14. The van der Waals surface area contributed by atoms with Crippen LogP contribution in [-0.4, -0.2) is 76.4 Å². The van der Waals surface area contributed by atoms with Crippen LogP contribution in [0.25, 0.3) is 0 Å². The summed E-state index contributed by atoms with van der Waals surface area (Å²) in [5.41, 5.74) is -4.25. The number of hydrogen-bond donors (Lipinski definition) is 1. The number of hydrogen-bond acceptors (Lipinski definition) is 12. The van der Waals surface area contributed by atoms with Gasteiger partial charge in [-0.2, -0.15) is 0 Å². The van der Waals surface area contributed by atoms with Crippen LogP contribution in [0.4, 0.5) is 0 Å². The van der Waals surface area contributed by atoms with Crippen molar-refractivity contribution in [3.8, 4) is 0 Å². The molecule has 0 radical (unpaired) electrons. The normalized spacial score (nSPS) is 34.7. The molecule has 0 aromatic heterocycles. The molecule has 1 aliphatic carbocycles. The predicted molar refractivity (Wildman–Crippen MR) is 179 cm³/mol. The number of fused-ring (bicyclic) bond motifs is 3. The monoisotopic (exact) mass is 696 g/mol. The SMILES string of the molecule is CC=C(C)C(=O)O[C@H]1[C@@H](OC(C)=O)[C@@]2(O)O[C@]1(C)C=C1[C@H](OC(=O)c3ccccc3)[C@@H](C)C[C@@]1(OC(C)=O)[C@H](OC(C)=O)[C@@H](C)C=CC2(C)C. The van der Waals surface area contributed by atoms with Crippen molar-refractivity contribution in [2.24, 2.45) is 17.3 Å². The molecule has 50 heavy (non-hydrogen) atoms. The summed E-state index contributed by atoms with van der Waals surface area (Å²) in [5.74, 6) is -7.08. The van der Waals surface area contributed by atoms with Crippen LogP contribution in [0.1, 0.15) is 86.0 Å². The fourth-order valence-electron chi connectivity index (χ4n) is 7.21. The first-order chi connectivity index (χ1) is 23.2. The third-order valence-electron chi connectivity index (χ3n) is 9.80. The van der Waals surface area contributed by atoms with Gasteiger partial charge in [-0.1, -0.05) is 64.1 Å². The summed E-state index contributed by atoms with van der Waals surface area (Å²) in [5, 5.41) is 12.5. The summed E-state index contributed by atoms with van der Waals surface area (Å²) in [4.78, 5) is 65.4. The van der Waals surface area contributed by atoms with E-state index < -0.39 is 88.5 Å². The fraction of sp³-hybridized carbons (Fsp3) is 0.553. The van der Waals surface area contributed by atoms with Crippen LogP contribution in [0.2, 0.25) is 0 Å². The molecule has 272 valence electrons. The first kappa shape index (κ1) is 38.5. The molecular weight excluding hydrogens is 648 g/mol. The Morgan fingerprint density at radius 2 is 1.44 bits per heavy atom. The molecule has 2 bridgehead atoms. The van der Waals surface area contributed by atoms with Gasteiger partial charge in [0.1, 0.15) is 11.7 Å². The van der Waals surface area contributed by atoms with E-state index in [9.17, 15) is 29.1 Å². The van der Waals surface area contributed by atoms with Crippen LogP contribution in [-0.2, 0) is 47.6 Å². The van der Waals surface area contributed by atoms with Gasteiger partial charge in [0.25, 0.3) is 0 Å². The zero-order valence-electron chi connectivity index (χ0n) is 30.3. The Morgan fingerprint density at radius 3 is 2.00 bits per heavy atom. The molecule has 12 heteroatoms. The second kappa shape index (κ2) is 14.1. The highest BCUT2D eigenvalue weighted by atomic mass is 16.7. The van der Waals surface area contributed by atoms with Crippen molar-refractivity contribution in [1.29, 1.82) is 0 Å². The predicted octanol–water partition coefficient (Wildman–Crippen LogP) is 4.93. The highest BCUT2D eigenvalue weighted by molar-refractivity contribution is 5.90. The number of aliphatic hydroxyl groups is 1. The van der Waals surface area contributed by atoms with Crippen molar-refractivity contribution in [3.05, 3.63) is 71.3 Å². The highest BCUT2D eigenvalue weighted by Gasteiger charge is 2.70. The molecule has 1 aromatic rings. The van der Waals surface area contributed by atoms with Gasteiger partial charge >= 0.3 is 29.8 Å². The number of benzene rings is 1. The molecule has 12 nitrogen and oxygen atoms in total. The van der Waals surface area contributed by atoms with E-state index >= 15 is 0 Å². The second-order valence-corrected chi connectivity index (χ2v) is 14.2. The Labute approximate surface area is 292 Å². The Bertz CT molecular complexity index is 1610. The molecule has 1 aromatic carbocycles. The Balaban J connectivity index is 2.11. The van der Waals surface area contributed by atoms with Crippen LogP contribution < -0.4 is 0 Å². The molecule has 0 amide bonds. The van der Waals surface area contributed by atoms with E-state index in [0.717, 1.165) is 6.92 Å². The third-order valence-corrected chi connectivity index (χ3v) is 9.80. The summed E-state index contributed by atoms with van der Waals surface area (Å²) in [7, 11) is 0. The largest absolute Gasteiger partial charge is 0.457 e. The van der Waals surface area contributed by atoms with Gasteiger partial charge in [-0.05, 0) is 39.0 Å². The highest BCUT2D eigenvalue weighted by Crippen LogP contribution is 2.55. The van der Waals surface area contributed by atoms with Gasteiger partial charge in [0.05, 0.1) is 5.56 Å². The van der Waals surface area contributed by atoms with Crippen LogP contribution in [0.5, 0.6) is 0 Å². The zero-order valence-corrected chi connectivity index (χ0v) is 30.3. The molecule has 1 N–H and O–H groups in total. The molecule has 0 unspecified atom stereocenters. The topological polar surface area (TPSA) is 161 Å². The summed E-state index contributed by atoms with van der Waals surface area (Å²) >= 11 is 0. The Morgan fingerprint density at radius 1 is 0.840 bits per heavy atom. The lowest BCUT2D eigenvalue weighted by Gasteiger charge is -2.41. The van der Waals surface area contributed by atoms with Gasteiger partial charge in [-0.25, -0.2) is 9.59 Å². The van der Waals surface area contributed by atoms with Crippen molar-refractivity contribution in [3.63, 3.8) is 0 Å². The fourth-order valence-corrected chi connectivity index (χ4v) is 7.21. The van der Waals surface area contributed by atoms with Crippen LogP contribution in [0.3, 0.4) is 0 Å². The van der Waals surface area contributed by atoms with Gasteiger partial charge in [0.15, 0.2) is 23.9 Å². The maximum Gasteiger partial charge on any atom is 0.338 e. The van der Waals surface area contributed by atoms with Gasteiger partial charge < -0.3 is 33.5 Å². The minimum absolute atomic E-state index is 0.0422. The van der Waals surface area contributed by atoms with E-state index in [0.29, 0.717) is 0 Å². The van der Waals surface area contributed by atoms with E-state index in [4.69, 9.17) is 28.4 Å². The van der Waals surface area contributed by atoms with E-state index in [1.54, 1.807) is 90.1 Å². The molecule has 3 aliphatic rings. The molecule has 4 rings (SSSR count).